The number of aliphatic hydroxyl groups excluding tert-OH is 2. The van der Waals surface area contributed by atoms with Crippen molar-refractivity contribution in [2.45, 2.75) is 192 Å². The molecule has 8 rings (SSSR count). The summed E-state index contributed by atoms with van der Waals surface area (Å²) < 4.78 is 43.5. The first-order chi connectivity index (χ1) is 29.8. The van der Waals surface area contributed by atoms with Crippen molar-refractivity contribution in [1.82, 2.24) is 9.80 Å². The highest BCUT2D eigenvalue weighted by molar-refractivity contribution is 5.91. The van der Waals surface area contributed by atoms with Crippen molar-refractivity contribution in [2.75, 3.05) is 27.3 Å². The van der Waals surface area contributed by atoms with Crippen LogP contribution in [0.25, 0.3) is 0 Å². The largest absolute Gasteiger partial charge is 0.511 e. The Hall–Kier alpha value is -3.60. The first-order valence-electron chi connectivity index (χ1n) is 23.4. The number of hydrogen-bond donors (Lipinski definition) is 2. The maximum Gasteiger partial charge on any atom is 0.511 e. The highest BCUT2D eigenvalue weighted by atomic mass is 16.8. The van der Waals surface area contributed by atoms with Crippen molar-refractivity contribution < 1.29 is 67.3 Å². The first kappa shape index (κ1) is 46.4. The van der Waals surface area contributed by atoms with E-state index in [1.807, 2.05) is 23.6 Å². The quantitative estimate of drug-likeness (QED) is 0.127. The molecule has 0 bridgehead atoms. The minimum atomic E-state index is -1.05. The normalized spacial score (nSPS) is 32.5. The third-order valence-electron chi connectivity index (χ3n) is 14.7. The summed E-state index contributed by atoms with van der Waals surface area (Å²) in [6.45, 7) is 7.90. The molecule has 4 saturated carbocycles. The van der Waals surface area contributed by atoms with E-state index in [2.05, 4.69) is 0 Å². The molecule has 4 heterocycles. The number of carbonyl (C=O) groups is 4. The van der Waals surface area contributed by atoms with Gasteiger partial charge in [-0.15, -0.1) is 0 Å². The number of carbonyl (C=O) groups excluding carboxylic acids is 4. The molecule has 0 unspecified atom stereocenters. The van der Waals surface area contributed by atoms with E-state index in [9.17, 15) is 29.4 Å². The van der Waals surface area contributed by atoms with Crippen LogP contribution in [-0.2, 0) is 47.5 Å². The minimum Gasteiger partial charge on any atom is -0.431 e. The third kappa shape index (κ3) is 9.87. The molecule has 62 heavy (non-hydrogen) atoms. The van der Waals surface area contributed by atoms with Gasteiger partial charge in [-0.1, -0.05) is 12.8 Å². The zero-order valence-electron chi connectivity index (χ0n) is 37.5. The smallest absolute Gasteiger partial charge is 0.431 e. The second kappa shape index (κ2) is 20.5. The van der Waals surface area contributed by atoms with Gasteiger partial charge in [0.05, 0.1) is 24.4 Å². The number of fused-ring (bicyclic) bond motifs is 6. The van der Waals surface area contributed by atoms with Crippen molar-refractivity contribution in [3.8, 4) is 0 Å². The highest BCUT2D eigenvalue weighted by Crippen LogP contribution is 2.53. The van der Waals surface area contributed by atoms with E-state index in [1.165, 1.54) is 13.8 Å². The molecule has 0 aromatic carbocycles. The average molecular weight is 875 g/mol. The van der Waals surface area contributed by atoms with Crippen LogP contribution in [0, 0.1) is 23.7 Å². The molecule has 0 amide bonds. The monoisotopic (exact) mass is 874 g/mol. The molecule has 0 radical (unpaired) electrons. The fourth-order valence-electron chi connectivity index (χ4n) is 11.7. The lowest BCUT2D eigenvalue weighted by molar-refractivity contribution is -0.169. The minimum absolute atomic E-state index is 0.1000. The molecule has 348 valence electrons. The predicted molar refractivity (Wildman–Crippen MR) is 222 cm³/mol. The van der Waals surface area contributed by atoms with Crippen molar-refractivity contribution in [1.29, 1.82) is 0 Å². The number of aliphatic hydroxyl groups is 2. The zero-order chi connectivity index (χ0) is 44.2. The molecule has 2 saturated heterocycles. The molecule has 16 nitrogen and oxygen atoms in total. The summed E-state index contributed by atoms with van der Waals surface area (Å²) in [6.07, 6.45) is 10.6. The highest BCUT2D eigenvalue weighted by Gasteiger charge is 2.59. The number of esters is 2. The molecule has 16 heteroatoms. The molecule has 0 aromatic heterocycles. The predicted octanol–water partition coefficient (Wildman–Crippen LogP) is 6.25. The summed E-state index contributed by atoms with van der Waals surface area (Å²) in [6, 6.07) is 0.200. The van der Waals surface area contributed by atoms with Crippen LogP contribution in [0.1, 0.15) is 130 Å². The number of rotatable bonds is 12. The van der Waals surface area contributed by atoms with Crippen molar-refractivity contribution >= 4 is 24.2 Å². The first-order valence-corrected chi connectivity index (χ1v) is 23.4. The molecule has 0 spiro atoms. The molecular formula is C46H70N2O14. The Bertz CT molecular complexity index is 1550. The lowest BCUT2D eigenvalue weighted by atomic mass is 9.72. The molecule has 8 aliphatic rings. The second-order valence-electron chi connectivity index (χ2n) is 18.7. The van der Waals surface area contributed by atoms with E-state index in [-0.39, 0.29) is 60.2 Å². The van der Waals surface area contributed by atoms with Gasteiger partial charge in [-0.2, -0.15) is 0 Å². The van der Waals surface area contributed by atoms with Gasteiger partial charge >= 0.3 is 24.2 Å². The number of hydrogen-bond acceptors (Lipinski definition) is 16. The van der Waals surface area contributed by atoms with Gasteiger partial charge in [-0.05, 0) is 115 Å². The maximum absolute atomic E-state index is 13.1. The average Bonchev–Trinajstić information content (AvgIpc) is 3.61. The molecule has 4 aliphatic heterocycles. The Morgan fingerprint density at radius 1 is 0.516 bits per heavy atom. The Morgan fingerprint density at radius 2 is 0.887 bits per heavy atom. The van der Waals surface area contributed by atoms with Gasteiger partial charge in [0.1, 0.15) is 23.6 Å². The van der Waals surface area contributed by atoms with E-state index in [0.29, 0.717) is 24.5 Å². The van der Waals surface area contributed by atoms with E-state index >= 15 is 0 Å². The van der Waals surface area contributed by atoms with Crippen LogP contribution in [0.15, 0.2) is 22.5 Å². The SMILES string of the molecule is CO[C@H]1CCC[C@H]2C1=C(C(=O)O[C@@H](C)OC(=O)OC1CCCCC1)N1C[C@H]([C@@H](C)O)[C@@H]21.CO[C@H]1CCC[C@H]2C1=C(C(=O)O[C@H](C)OC(=O)OC1CCCCC1)N1C[C@H]([C@@H](C)O)[C@@H]21. The molecular weight excluding hydrogens is 805 g/mol. The van der Waals surface area contributed by atoms with Gasteiger partial charge in [-0.25, -0.2) is 19.2 Å². The third-order valence-corrected chi connectivity index (χ3v) is 14.7. The summed E-state index contributed by atoms with van der Waals surface area (Å²) in [5.41, 5.74) is 3.00. The van der Waals surface area contributed by atoms with E-state index in [0.717, 1.165) is 114 Å². The fourth-order valence-corrected chi connectivity index (χ4v) is 11.7. The molecule has 0 aromatic rings. The Balaban J connectivity index is 0.000000186. The molecule has 6 fully saturated rings. The maximum atomic E-state index is 13.1. The standard InChI is InChI=1S/2C23H35NO7/c2*1-13(25)17-12-24-20(17)16-10-7-11-18(28-3)19(16)21(24)22(26)29-14(2)30-23(27)31-15-8-5-4-6-9-15/h2*13-18,20,25H,4-12H2,1-3H3/t13-,14+,16+,17-,18+,20-;13-,14-,16+,17-,18+,20-/m11/s1. The summed E-state index contributed by atoms with van der Waals surface area (Å²) in [4.78, 5) is 54.5. The van der Waals surface area contributed by atoms with Crippen LogP contribution in [0.3, 0.4) is 0 Å². The molecule has 4 aliphatic carbocycles. The van der Waals surface area contributed by atoms with Crippen LogP contribution in [0.4, 0.5) is 9.59 Å². The van der Waals surface area contributed by atoms with Crippen LogP contribution in [0.5, 0.6) is 0 Å². The van der Waals surface area contributed by atoms with Crippen molar-refractivity contribution in [2.24, 2.45) is 23.7 Å². The van der Waals surface area contributed by atoms with Gasteiger partial charge in [0, 0.05) is 76.9 Å². The van der Waals surface area contributed by atoms with Gasteiger partial charge in [-0.3, -0.25) is 0 Å². The number of methoxy groups -OCH3 is 2. The molecule has 2 N–H and O–H groups in total. The zero-order valence-corrected chi connectivity index (χ0v) is 37.5. The van der Waals surface area contributed by atoms with Crippen LogP contribution < -0.4 is 0 Å². The van der Waals surface area contributed by atoms with Gasteiger partial charge in [0.2, 0.25) is 12.6 Å². The second-order valence-corrected chi connectivity index (χ2v) is 18.7. The topological polar surface area (TPSA) is 189 Å². The number of ether oxygens (including phenoxy) is 8. The van der Waals surface area contributed by atoms with E-state index < -0.39 is 49.0 Å². The van der Waals surface area contributed by atoms with Gasteiger partial charge in [0.25, 0.3) is 0 Å². The number of nitrogens with zero attached hydrogens (tertiary/aromatic N) is 2. The summed E-state index contributed by atoms with van der Waals surface area (Å²) >= 11 is 0. The van der Waals surface area contributed by atoms with Crippen LogP contribution in [0.2, 0.25) is 0 Å². The van der Waals surface area contributed by atoms with Gasteiger partial charge < -0.3 is 57.9 Å². The fraction of sp³-hybridized carbons (Fsp3) is 0.826. The van der Waals surface area contributed by atoms with Crippen LogP contribution in [-0.4, -0.2) is 133 Å². The molecule has 12 atom stereocenters. The Labute approximate surface area is 365 Å². The van der Waals surface area contributed by atoms with E-state index in [1.54, 1.807) is 14.2 Å². The summed E-state index contributed by atoms with van der Waals surface area (Å²) in [5, 5.41) is 20.3. The van der Waals surface area contributed by atoms with Crippen molar-refractivity contribution in [3.63, 3.8) is 0 Å². The van der Waals surface area contributed by atoms with Gasteiger partial charge in [0.15, 0.2) is 0 Å². The lowest BCUT2D eigenvalue weighted by Gasteiger charge is -2.50. The summed E-state index contributed by atoms with van der Waals surface area (Å²) in [5.74, 6) is -0.397. The Kier molecular flexibility index (Phi) is 15.3. The Morgan fingerprint density at radius 3 is 1.23 bits per heavy atom. The lowest BCUT2D eigenvalue weighted by Crippen LogP contribution is -2.59. The van der Waals surface area contributed by atoms with E-state index in [4.69, 9.17) is 37.9 Å². The van der Waals surface area contributed by atoms with Crippen LogP contribution >= 0.6 is 0 Å². The van der Waals surface area contributed by atoms with Crippen molar-refractivity contribution in [3.05, 3.63) is 22.5 Å². The summed E-state index contributed by atoms with van der Waals surface area (Å²) in [7, 11) is 3.33.